The van der Waals surface area contributed by atoms with Crippen LogP contribution in [0.4, 0.5) is 0 Å². The van der Waals surface area contributed by atoms with Crippen LogP contribution in [-0.2, 0) is 5.41 Å². The molecule has 6 heteroatoms. The van der Waals surface area contributed by atoms with Crippen LogP contribution in [0.25, 0.3) is 0 Å². The number of pyridine rings is 1. The van der Waals surface area contributed by atoms with Crippen LogP contribution in [0.1, 0.15) is 41.6 Å². The van der Waals surface area contributed by atoms with E-state index in [9.17, 15) is 9.90 Å². The molecule has 0 atom stereocenters. The van der Waals surface area contributed by atoms with E-state index in [0.717, 1.165) is 30.7 Å². The van der Waals surface area contributed by atoms with Gasteiger partial charge < -0.3 is 15.7 Å². The van der Waals surface area contributed by atoms with Crippen molar-refractivity contribution < 1.29 is 9.90 Å². The minimum absolute atomic E-state index is 0.0567. The van der Waals surface area contributed by atoms with Gasteiger partial charge in [0.05, 0.1) is 12.2 Å². The number of carbonyl (C=O) groups is 1. The molecule has 2 aromatic rings. The first-order valence-corrected chi connectivity index (χ1v) is 9.75. The van der Waals surface area contributed by atoms with E-state index in [0.29, 0.717) is 18.7 Å². The number of rotatable bonds is 6. The molecule has 3 rings (SSSR count). The number of nitrogens with two attached hydrogens (primary N) is 1. The maximum atomic E-state index is 12.9. The zero-order valence-corrected chi connectivity index (χ0v) is 16.1. The van der Waals surface area contributed by atoms with Gasteiger partial charge in [-0.3, -0.25) is 9.78 Å². The van der Waals surface area contributed by atoms with Crippen molar-refractivity contribution in [1.82, 2.24) is 9.88 Å². The number of nitrogens with zero attached hydrogens (tertiary/aromatic N) is 2. The van der Waals surface area contributed by atoms with Crippen molar-refractivity contribution in [2.75, 3.05) is 19.7 Å². The summed E-state index contributed by atoms with van der Waals surface area (Å²) in [4.78, 5) is 18.7. The Morgan fingerprint density at radius 2 is 2.07 bits per heavy atom. The van der Waals surface area contributed by atoms with E-state index in [4.69, 9.17) is 17.3 Å². The molecule has 0 aliphatic heterocycles. The molecule has 0 bridgehead atoms. The molecule has 1 aromatic heterocycles. The average Bonchev–Trinajstić information content (AvgIpc) is 2.72. The van der Waals surface area contributed by atoms with Crippen LogP contribution in [0.2, 0.25) is 5.02 Å². The predicted octanol–water partition coefficient (Wildman–Crippen LogP) is 3.01. The average molecular weight is 388 g/mol. The van der Waals surface area contributed by atoms with Gasteiger partial charge in [-0.25, -0.2) is 0 Å². The molecule has 144 valence electrons. The first-order chi connectivity index (χ1) is 13.1. The van der Waals surface area contributed by atoms with Gasteiger partial charge in [0.25, 0.3) is 5.91 Å². The molecule has 0 unspecified atom stereocenters. The molecule has 27 heavy (non-hydrogen) atoms. The zero-order valence-electron chi connectivity index (χ0n) is 15.4. The van der Waals surface area contributed by atoms with Gasteiger partial charge in [-0.2, -0.15) is 0 Å². The number of halogens is 1. The number of benzene rings is 1. The number of hydrogen-bond acceptors (Lipinski definition) is 4. The standard InChI is InChI=1S/C21H26ClN3O2/c22-18-5-1-4-17(13-18)21(15-23)8-6-19(7-9-21)25(11-12-26)20(27)16-3-2-10-24-14-16/h1-5,10,13-14,19,26H,6-9,11-12,15,23H2. The summed E-state index contributed by atoms with van der Waals surface area (Å²) in [6.07, 6.45) is 6.68. The smallest absolute Gasteiger partial charge is 0.255 e. The number of aliphatic hydroxyl groups is 1. The van der Waals surface area contributed by atoms with E-state index >= 15 is 0 Å². The molecule has 0 spiro atoms. The summed E-state index contributed by atoms with van der Waals surface area (Å²) in [5.74, 6) is -0.0786. The fourth-order valence-corrected chi connectivity index (χ4v) is 4.30. The summed E-state index contributed by atoms with van der Waals surface area (Å²) in [5, 5.41) is 10.2. The fraction of sp³-hybridized carbons (Fsp3) is 0.429. The predicted molar refractivity (Wildman–Crippen MR) is 107 cm³/mol. The van der Waals surface area contributed by atoms with Gasteiger partial charge in [-0.05, 0) is 55.5 Å². The highest BCUT2D eigenvalue weighted by Gasteiger charge is 2.38. The highest BCUT2D eigenvalue weighted by molar-refractivity contribution is 6.30. The van der Waals surface area contributed by atoms with Crippen molar-refractivity contribution >= 4 is 17.5 Å². The molecule has 1 aromatic carbocycles. The van der Waals surface area contributed by atoms with Crippen LogP contribution in [0, 0.1) is 0 Å². The molecule has 1 aliphatic carbocycles. The van der Waals surface area contributed by atoms with Crippen LogP contribution >= 0.6 is 11.6 Å². The van der Waals surface area contributed by atoms with E-state index in [2.05, 4.69) is 11.1 Å². The van der Waals surface area contributed by atoms with Crippen LogP contribution in [-0.4, -0.2) is 46.6 Å². The molecule has 1 aliphatic rings. The third-order valence-electron chi connectivity index (χ3n) is 5.69. The Bertz CT molecular complexity index is 761. The highest BCUT2D eigenvalue weighted by Crippen LogP contribution is 2.41. The van der Waals surface area contributed by atoms with Crippen LogP contribution in [0.5, 0.6) is 0 Å². The minimum atomic E-state index is -0.108. The lowest BCUT2D eigenvalue weighted by Gasteiger charge is -2.43. The van der Waals surface area contributed by atoms with Gasteiger partial charge in [-0.15, -0.1) is 0 Å². The van der Waals surface area contributed by atoms with Crippen molar-refractivity contribution in [2.24, 2.45) is 5.73 Å². The summed E-state index contributed by atoms with van der Waals surface area (Å²) < 4.78 is 0. The maximum absolute atomic E-state index is 12.9. The summed E-state index contributed by atoms with van der Waals surface area (Å²) in [6.45, 7) is 0.820. The zero-order chi connectivity index (χ0) is 19.3. The number of carbonyl (C=O) groups excluding carboxylic acids is 1. The summed E-state index contributed by atoms with van der Waals surface area (Å²) >= 11 is 6.19. The molecule has 3 N–H and O–H groups in total. The third kappa shape index (κ3) is 4.32. The van der Waals surface area contributed by atoms with Crippen molar-refractivity contribution in [2.45, 2.75) is 37.1 Å². The van der Waals surface area contributed by atoms with Crippen molar-refractivity contribution in [3.8, 4) is 0 Å². The van der Waals surface area contributed by atoms with Crippen molar-refractivity contribution in [3.63, 3.8) is 0 Å². The van der Waals surface area contributed by atoms with Gasteiger partial charge in [0, 0.05) is 42.0 Å². The second-order valence-electron chi connectivity index (χ2n) is 7.19. The van der Waals surface area contributed by atoms with Crippen LogP contribution in [0.15, 0.2) is 48.8 Å². The van der Waals surface area contributed by atoms with Gasteiger partial charge in [0.1, 0.15) is 0 Å². The third-order valence-corrected chi connectivity index (χ3v) is 5.93. The lowest BCUT2D eigenvalue weighted by Crippen LogP contribution is -2.48. The molecule has 1 fully saturated rings. The number of amides is 1. The molecule has 1 amide bonds. The van der Waals surface area contributed by atoms with Crippen LogP contribution < -0.4 is 5.73 Å². The van der Waals surface area contributed by atoms with Gasteiger partial charge in [0.15, 0.2) is 0 Å². The largest absolute Gasteiger partial charge is 0.395 e. The lowest BCUT2D eigenvalue weighted by molar-refractivity contribution is 0.0543. The van der Waals surface area contributed by atoms with E-state index < -0.39 is 0 Å². The SMILES string of the molecule is NCC1(c2cccc(Cl)c2)CCC(N(CCO)C(=O)c2cccnc2)CC1. The van der Waals surface area contributed by atoms with E-state index in [1.165, 1.54) is 5.56 Å². The first-order valence-electron chi connectivity index (χ1n) is 9.37. The summed E-state index contributed by atoms with van der Waals surface area (Å²) in [7, 11) is 0. The monoisotopic (exact) mass is 387 g/mol. The Labute approximate surface area is 165 Å². The van der Waals surface area contributed by atoms with Crippen molar-refractivity contribution in [1.29, 1.82) is 0 Å². The molecule has 1 heterocycles. The molecular formula is C21H26ClN3O2. The topological polar surface area (TPSA) is 79.5 Å². The Balaban J connectivity index is 1.76. The Morgan fingerprint density at radius 3 is 2.67 bits per heavy atom. The van der Waals surface area contributed by atoms with Crippen LogP contribution in [0.3, 0.4) is 0 Å². The molecule has 1 saturated carbocycles. The number of hydrogen-bond donors (Lipinski definition) is 2. The fourth-order valence-electron chi connectivity index (χ4n) is 4.11. The Kier molecular flexibility index (Phi) is 6.47. The second-order valence-corrected chi connectivity index (χ2v) is 7.63. The number of aromatic nitrogens is 1. The molecule has 0 saturated heterocycles. The Hall–Kier alpha value is -1.95. The number of aliphatic hydroxyl groups excluding tert-OH is 1. The van der Waals surface area contributed by atoms with Gasteiger partial charge in [0.2, 0.25) is 0 Å². The quantitative estimate of drug-likeness (QED) is 0.798. The lowest BCUT2D eigenvalue weighted by atomic mass is 9.68. The molecular weight excluding hydrogens is 362 g/mol. The molecule has 5 nitrogen and oxygen atoms in total. The Morgan fingerprint density at radius 1 is 1.30 bits per heavy atom. The second kappa shape index (κ2) is 8.83. The minimum Gasteiger partial charge on any atom is -0.395 e. The van der Waals surface area contributed by atoms with Crippen molar-refractivity contribution in [3.05, 3.63) is 64.9 Å². The van der Waals surface area contributed by atoms with E-state index in [1.54, 1.807) is 29.4 Å². The van der Waals surface area contributed by atoms with E-state index in [-0.39, 0.29) is 24.0 Å². The first kappa shape index (κ1) is 19.8. The molecule has 0 radical (unpaired) electrons. The maximum Gasteiger partial charge on any atom is 0.255 e. The highest BCUT2D eigenvalue weighted by atomic mass is 35.5. The van der Waals surface area contributed by atoms with Gasteiger partial charge >= 0.3 is 0 Å². The summed E-state index contributed by atoms with van der Waals surface area (Å²) in [6, 6.07) is 11.5. The van der Waals surface area contributed by atoms with Gasteiger partial charge in [-0.1, -0.05) is 23.7 Å². The van der Waals surface area contributed by atoms with E-state index in [1.807, 2.05) is 18.2 Å². The summed E-state index contributed by atoms with van der Waals surface area (Å²) in [5.41, 5.74) is 7.79. The normalized spacial score (nSPS) is 22.4.